The lowest BCUT2D eigenvalue weighted by atomic mass is 10.1. The maximum atomic E-state index is 12.0. The van der Waals surface area contributed by atoms with E-state index in [9.17, 15) is 19.5 Å². The Morgan fingerprint density at radius 2 is 1.92 bits per heavy atom. The van der Waals surface area contributed by atoms with E-state index < -0.39 is 12.1 Å². The molecule has 0 bridgehead atoms. The molecule has 0 unspecified atom stereocenters. The molecular weight excluding hydrogens is 336 g/mol. The van der Waals surface area contributed by atoms with E-state index in [2.05, 4.69) is 5.32 Å². The van der Waals surface area contributed by atoms with Crippen molar-refractivity contribution in [3.8, 4) is 0 Å². The Morgan fingerprint density at radius 1 is 1.15 bits per heavy atom. The van der Waals surface area contributed by atoms with Gasteiger partial charge in [0.1, 0.15) is 6.61 Å². The lowest BCUT2D eigenvalue weighted by Crippen LogP contribution is -2.24. The van der Waals surface area contributed by atoms with Crippen LogP contribution >= 0.6 is 0 Å². The number of hydrogen-bond acceptors (Lipinski definition) is 4. The molecule has 1 aliphatic rings. The number of carboxylic acid groups (broad SMARTS) is 1. The van der Waals surface area contributed by atoms with Gasteiger partial charge in [-0.3, -0.25) is 10.1 Å². The van der Waals surface area contributed by atoms with Gasteiger partial charge >= 0.3 is 12.1 Å². The molecular formula is C19H18N2O5. The lowest BCUT2D eigenvalue weighted by Gasteiger charge is -2.18. The zero-order chi connectivity index (χ0) is 18.5. The van der Waals surface area contributed by atoms with Crippen molar-refractivity contribution in [2.24, 2.45) is 0 Å². The highest BCUT2D eigenvalue weighted by atomic mass is 16.5. The SMILES string of the molecule is O=C(Nc1cc(C(=O)O)cc(N2CCCC2=O)c1)OCc1ccccc1. The van der Waals surface area contributed by atoms with E-state index >= 15 is 0 Å². The fourth-order valence-corrected chi connectivity index (χ4v) is 2.76. The van der Waals surface area contributed by atoms with Crippen LogP contribution in [0.3, 0.4) is 0 Å². The van der Waals surface area contributed by atoms with Gasteiger partial charge in [0.15, 0.2) is 0 Å². The van der Waals surface area contributed by atoms with Gasteiger partial charge in [-0.1, -0.05) is 30.3 Å². The molecule has 2 aromatic rings. The van der Waals surface area contributed by atoms with Crippen LogP contribution in [0.15, 0.2) is 48.5 Å². The Kier molecular flexibility index (Phi) is 5.17. The van der Waals surface area contributed by atoms with Crippen LogP contribution in [0, 0.1) is 0 Å². The minimum absolute atomic E-state index is 0.0134. The van der Waals surface area contributed by atoms with Gasteiger partial charge in [0.05, 0.1) is 5.56 Å². The molecule has 0 saturated carbocycles. The standard InChI is InChI=1S/C19H18N2O5/c22-17-7-4-8-21(17)16-10-14(18(23)24)9-15(11-16)20-19(25)26-12-13-5-2-1-3-6-13/h1-3,5-6,9-11H,4,7-8,12H2,(H,20,25)(H,23,24). The first-order chi connectivity index (χ1) is 12.5. The molecule has 0 spiro atoms. The topological polar surface area (TPSA) is 95.9 Å². The average molecular weight is 354 g/mol. The summed E-state index contributed by atoms with van der Waals surface area (Å²) in [5.41, 5.74) is 1.54. The van der Waals surface area contributed by atoms with Crippen molar-refractivity contribution in [3.63, 3.8) is 0 Å². The zero-order valence-corrected chi connectivity index (χ0v) is 14.0. The van der Waals surface area contributed by atoms with Crippen molar-refractivity contribution in [2.75, 3.05) is 16.8 Å². The molecule has 1 saturated heterocycles. The normalized spacial score (nSPS) is 13.5. The van der Waals surface area contributed by atoms with Crippen LogP contribution in [0.25, 0.3) is 0 Å². The fraction of sp³-hybridized carbons (Fsp3) is 0.211. The number of benzene rings is 2. The minimum Gasteiger partial charge on any atom is -0.478 e. The number of carboxylic acids is 1. The first-order valence-electron chi connectivity index (χ1n) is 8.19. The van der Waals surface area contributed by atoms with Gasteiger partial charge in [0.2, 0.25) is 5.91 Å². The van der Waals surface area contributed by atoms with Crippen LogP contribution in [0.2, 0.25) is 0 Å². The lowest BCUT2D eigenvalue weighted by molar-refractivity contribution is -0.117. The predicted octanol–water partition coefficient (Wildman–Crippen LogP) is 3.26. The second kappa shape index (κ2) is 7.69. The highest BCUT2D eigenvalue weighted by Gasteiger charge is 2.23. The van der Waals surface area contributed by atoms with Crippen molar-refractivity contribution >= 4 is 29.3 Å². The van der Waals surface area contributed by atoms with E-state index in [0.29, 0.717) is 18.7 Å². The Labute approximate surface area is 150 Å². The second-order valence-corrected chi connectivity index (χ2v) is 5.91. The minimum atomic E-state index is -1.14. The van der Waals surface area contributed by atoms with Crippen molar-refractivity contribution in [1.29, 1.82) is 0 Å². The number of nitrogens with one attached hydrogen (secondary N) is 1. The summed E-state index contributed by atoms with van der Waals surface area (Å²) in [5, 5.41) is 11.8. The molecule has 0 aliphatic carbocycles. The number of amides is 2. The van der Waals surface area contributed by atoms with Gasteiger partial charge in [0, 0.05) is 24.3 Å². The van der Waals surface area contributed by atoms with E-state index in [4.69, 9.17) is 4.74 Å². The second-order valence-electron chi connectivity index (χ2n) is 5.91. The third kappa shape index (κ3) is 4.18. The third-order valence-corrected chi connectivity index (χ3v) is 4.01. The highest BCUT2D eigenvalue weighted by Crippen LogP contribution is 2.26. The van der Waals surface area contributed by atoms with Gasteiger partial charge in [-0.15, -0.1) is 0 Å². The summed E-state index contributed by atoms with van der Waals surface area (Å²) in [6.45, 7) is 0.628. The fourth-order valence-electron chi connectivity index (χ4n) is 2.76. The maximum Gasteiger partial charge on any atom is 0.411 e. The van der Waals surface area contributed by atoms with Crippen molar-refractivity contribution in [3.05, 3.63) is 59.7 Å². The summed E-state index contributed by atoms with van der Waals surface area (Å²) in [7, 11) is 0. The molecule has 0 aromatic heterocycles. The monoisotopic (exact) mass is 354 g/mol. The van der Waals surface area contributed by atoms with Gasteiger partial charge in [-0.2, -0.15) is 0 Å². The van der Waals surface area contributed by atoms with E-state index in [0.717, 1.165) is 12.0 Å². The summed E-state index contributed by atoms with van der Waals surface area (Å²) in [6.07, 6.45) is 0.451. The van der Waals surface area contributed by atoms with E-state index in [1.54, 1.807) is 6.07 Å². The number of aromatic carboxylic acids is 1. The van der Waals surface area contributed by atoms with Crippen LogP contribution in [-0.4, -0.2) is 29.6 Å². The van der Waals surface area contributed by atoms with Crippen LogP contribution in [0.4, 0.5) is 16.2 Å². The van der Waals surface area contributed by atoms with Crippen LogP contribution in [0.1, 0.15) is 28.8 Å². The van der Waals surface area contributed by atoms with Gasteiger partial charge in [-0.05, 0) is 30.2 Å². The molecule has 134 valence electrons. The van der Waals surface area contributed by atoms with Crippen molar-refractivity contribution < 1.29 is 24.2 Å². The summed E-state index contributed by atoms with van der Waals surface area (Å²) in [6, 6.07) is 13.5. The summed E-state index contributed by atoms with van der Waals surface area (Å²) < 4.78 is 5.14. The van der Waals surface area contributed by atoms with Gasteiger partial charge < -0.3 is 14.7 Å². The van der Waals surface area contributed by atoms with E-state index in [1.165, 1.54) is 17.0 Å². The molecule has 7 nitrogen and oxygen atoms in total. The van der Waals surface area contributed by atoms with Crippen molar-refractivity contribution in [2.45, 2.75) is 19.4 Å². The van der Waals surface area contributed by atoms with Crippen molar-refractivity contribution in [1.82, 2.24) is 0 Å². The smallest absolute Gasteiger partial charge is 0.411 e. The highest BCUT2D eigenvalue weighted by molar-refractivity contribution is 5.99. The first-order valence-corrected chi connectivity index (χ1v) is 8.19. The molecule has 1 fully saturated rings. The molecule has 2 aromatic carbocycles. The molecule has 1 aliphatic heterocycles. The number of anilines is 2. The number of ether oxygens (including phenoxy) is 1. The summed E-state index contributed by atoms with van der Waals surface area (Å²) in [4.78, 5) is 36.8. The molecule has 2 N–H and O–H groups in total. The first kappa shape index (κ1) is 17.5. The van der Waals surface area contributed by atoms with Crippen LogP contribution < -0.4 is 10.2 Å². The average Bonchev–Trinajstić information content (AvgIpc) is 3.06. The van der Waals surface area contributed by atoms with E-state index in [-0.39, 0.29) is 23.8 Å². The molecule has 3 rings (SSSR count). The molecule has 0 atom stereocenters. The Bertz CT molecular complexity index is 835. The largest absolute Gasteiger partial charge is 0.478 e. The number of nitrogens with zero attached hydrogens (tertiary/aromatic N) is 1. The van der Waals surface area contributed by atoms with Crippen LogP contribution in [-0.2, 0) is 16.1 Å². The Hall–Kier alpha value is -3.35. The predicted molar refractivity (Wildman–Crippen MR) is 95.2 cm³/mol. The number of rotatable bonds is 5. The molecule has 26 heavy (non-hydrogen) atoms. The number of carbonyl (C=O) groups is 3. The summed E-state index contributed by atoms with van der Waals surface area (Å²) >= 11 is 0. The number of hydrogen-bond donors (Lipinski definition) is 2. The maximum absolute atomic E-state index is 12.0. The Balaban J connectivity index is 1.73. The molecule has 7 heteroatoms. The summed E-state index contributed by atoms with van der Waals surface area (Å²) in [5.74, 6) is -1.20. The molecule has 1 heterocycles. The van der Waals surface area contributed by atoms with E-state index in [1.807, 2.05) is 30.3 Å². The molecule has 2 amide bonds. The number of carbonyl (C=O) groups excluding carboxylic acids is 2. The molecule has 0 radical (unpaired) electrons. The zero-order valence-electron chi connectivity index (χ0n) is 14.0. The Morgan fingerprint density at radius 3 is 2.58 bits per heavy atom. The van der Waals surface area contributed by atoms with Crippen LogP contribution in [0.5, 0.6) is 0 Å². The third-order valence-electron chi connectivity index (χ3n) is 4.01. The quantitative estimate of drug-likeness (QED) is 0.859. The van der Waals surface area contributed by atoms with Gasteiger partial charge in [-0.25, -0.2) is 9.59 Å². The van der Waals surface area contributed by atoms with Gasteiger partial charge in [0.25, 0.3) is 0 Å².